The molecule has 3 aliphatic carbocycles. The molecular formula is C18H24O2. The van der Waals surface area contributed by atoms with Gasteiger partial charge in [0.05, 0.1) is 12.2 Å². The Labute approximate surface area is 120 Å². The van der Waals surface area contributed by atoms with Gasteiger partial charge in [-0.15, -0.1) is 0 Å². The van der Waals surface area contributed by atoms with Gasteiger partial charge >= 0.3 is 0 Å². The maximum absolute atomic E-state index is 10.3. The molecule has 0 radical (unpaired) electrons. The predicted octanol–water partition coefficient (Wildman–Crippen LogP) is 2.73. The summed E-state index contributed by atoms with van der Waals surface area (Å²) >= 11 is 0. The number of fused-ring (bicyclic) bond motifs is 5. The van der Waals surface area contributed by atoms with E-state index in [0.717, 1.165) is 44.9 Å². The predicted molar refractivity (Wildman–Crippen MR) is 78.9 cm³/mol. The van der Waals surface area contributed by atoms with Crippen LogP contribution in [0.15, 0.2) is 12.1 Å². The molecule has 3 aliphatic rings. The van der Waals surface area contributed by atoms with E-state index in [9.17, 15) is 10.2 Å². The van der Waals surface area contributed by atoms with Gasteiger partial charge in [0.1, 0.15) is 0 Å². The van der Waals surface area contributed by atoms with Gasteiger partial charge in [0, 0.05) is 5.41 Å². The monoisotopic (exact) mass is 272 g/mol. The number of benzene rings is 1. The Bertz CT molecular complexity index is 551. The van der Waals surface area contributed by atoms with Crippen LogP contribution in [-0.4, -0.2) is 22.4 Å². The first-order chi connectivity index (χ1) is 9.59. The topological polar surface area (TPSA) is 40.5 Å². The van der Waals surface area contributed by atoms with Crippen LogP contribution in [0.5, 0.6) is 0 Å². The molecule has 2 heteroatoms. The van der Waals surface area contributed by atoms with E-state index in [4.69, 9.17) is 0 Å². The summed E-state index contributed by atoms with van der Waals surface area (Å²) in [5.41, 5.74) is 6.05. The summed E-state index contributed by atoms with van der Waals surface area (Å²) in [6.45, 7) is 2.28. The maximum Gasteiger partial charge on any atom is 0.0600 e. The summed E-state index contributed by atoms with van der Waals surface area (Å²) in [6.07, 6.45) is 6.81. The van der Waals surface area contributed by atoms with Crippen LogP contribution in [0.2, 0.25) is 0 Å². The van der Waals surface area contributed by atoms with Crippen molar-refractivity contribution in [2.45, 2.75) is 70.0 Å². The summed E-state index contributed by atoms with van der Waals surface area (Å²) < 4.78 is 0. The van der Waals surface area contributed by atoms with Gasteiger partial charge < -0.3 is 10.2 Å². The highest BCUT2D eigenvalue weighted by molar-refractivity contribution is 5.47. The Hall–Kier alpha value is -0.860. The first-order valence-corrected chi connectivity index (χ1v) is 8.09. The fraction of sp³-hybridized carbons (Fsp3) is 0.667. The molecule has 4 rings (SSSR count). The smallest absolute Gasteiger partial charge is 0.0600 e. The molecule has 0 aromatic heterocycles. The summed E-state index contributed by atoms with van der Waals surface area (Å²) in [5.74, 6) is 0.540. The SMILES string of the molecule is C[C@]12CCc3c(ccc4c3CCC(O)C4)[C@@H]1CCC2O. The summed E-state index contributed by atoms with van der Waals surface area (Å²) in [5, 5.41) is 20.2. The molecule has 0 amide bonds. The Morgan fingerprint density at radius 2 is 1.90 bits per heavy atom. The van der Waals surface area contributed by atoms with E-state index in [1.807, 2.05) is 0 Å². The van der Waals surface area contributed by atoms with Crippen LogP contribution < -0.4 is 0 Å². The Morgan fingerprint density at radius 1 is 1.05 bits per heavy atom. The average Bonchev–Trinajstić information content (AvgIpc) is 2.74. The van der Waals surface area contributed by atoms with Crippen molar-refractivity contribution in [3.8, 4) is 0 Å². The lowest BCUT2D eigenvalue weighted by molar-refractivity contribution is 0.0455. The number of rotatable bonds is 0. The second kappa shape index (κ2) is 4.32. The van der Waals surface area contributed by atoms with Gasteiger partial charge in [0.25, 0.3) is 0 Å². The first-order valence-electron chi connectivity index (χ1n) is 8.09. The minimum Gasteiger partial charge on any atom is -0.393 e. The Kier molecular flexibility index (Phi) is 2.77. The minimum absolute atomic E-state index is 0.0927. The molecule has 2 nitrogen and oxygen atoms in total. The average molecular weight is 272 g/mol. The molecule has 0 heterocycles. The molecule has 1 saturated carbocycles. The van der Waals surface area contributed by atoms with Crippen molar-refractivity contribution in [3.63, 3.8) is 0 Å². The van der Waals surface area contributed by atoms with Gasteiger partial charge in [0.15, 0.2) is 0 Å². The first kappa shape index (κ1) is 12.8. The molecule has 2 N–H and O–H groups in total. The van der Waals surface area contributed by atoms with E-state index in [-0.39, 0.29) is 17.6 Å². The molecule has 20 heavy (non-hydrogen) atoms. The third-order valence-electron chi connectivity index (χ3n) is 6.32. The third kappa shape index (κ3) is 1.64. The normalized spacial score (nSPS) is 39.0. The molecule has 0 bridgehead atoms. The summed E-state index contributed by atoms with van der Waals surface area (Å²) in [7, 11) is 0. The lowest BCUT2D eigenvalue weighted by atomic mass is 9.64. The number of aliphatic hydroxyl groups is 2. The zero-order chi connectivity index (χ0) is 13.9. The second-order valence-corrected chi connectivity index (χ2v) is 7.32. The molecule has 1 fully saturated rings. The molecule has 2 unspecified atom stereocenters. The van der Waals surface area contributed by atoms with Crippen LogP contribution in [-0.2, 0) is 19.3 Å². The van der Waals surface area contributed by atoms with Crippen LogP contribution in [0.1, 0.15) is 60.8 Å². The lowest BCUT2D eigenvalue weighted by Gasteiger charge is -2.41. The van der Waals surface area contributed by atoms with Crippen molar-refractivity contribution in [1.29, 1.82) is 0 Å². The van der Waals surface area contributed by atoms with E-state index >= 15 is 0 Å². The maximum atomic E-state index is 10.3. The standard InChI is InChI=1S/C18H24O2/c1-18-9-8-14-13-5-3-12(19)10-11(13)2-4-15(14)16(18)6-7-17(18)20/h2,4,12,16-17,19-20H,3,5-10H2,1H3/t12?,16-,17?,18-/m0/s1. The summed E-state index contributed by atoms with van der Waals surface area (Å²) in [6, 6.07) is 4.54. The number of hydrogen-bond donors (Lipinski definition) is 2. The van der Waals surface area contributed by atoms with E-state index in [1.165, 1.54) is 16.7 Å². The highest BCUT2D eigenvalue weighted by Gasteiger charge is 2.49. The largest absolute Gasteiger partial charge is 0.393 e. The van der Waals surface area contributed by atoms with Gasteiger partial charge in [-0.05, 0) is 73.1 Å². The minimum atomic E-state index is -0.150. The lowest BCUT2D eigenvalue weighted by Crippen LogP contribution is -2.36. The van der Waals surface area contributed by atoms with Crippen LogP contribution in [0.4, 0.5) is 0 Å². The molecular weight excluding hydrogens is 248 g/mol. The van der Waals surface area contributed by atoms with Crippen molar-refractivity contribution in [3.05, 3.63) is 34.4 Å². The zero-order valence-electron chi connectivity index (χ0n) is 12.2. The highest BCUT2D eigenvalue weighted by atomic mass is 16.3. The van der Waals surface area contributed by atoms with Gasteiger partial charge in [-0.25, -0.2) is 0 Å². The quantitative estimate of drug-likeness (QED) is 0.762. The van der Waals surface area contributed by atoms with Crippen molar-refractivity contribution in [1.82, 2.24) is 0 Å². The van der Waals surface area contributed by atoms with Crippen LogP contribution >= 0.6 is 0 Å². The molecule has 1 aromatic carbocycles. The molecule has 0 saturated heterocycles. The Balaban J connectivity index is 1.80. The van der Waals surface area contributed by atoms with Gasteiger partial charge in [-0.3, -0.25) is 0 Å². The van der Waals surface area contributed by atoms with Crippen molar-refractivity contribution in [2.75, 3.05) is 0 Å². The van der Waals surface area contributed by atoms with Crippen LogP contribution in [0.25, 0.3) is 0 Å². The number of aliphatic hydroxyl groups excluding tert-OH is 2. The fourth-order valence-corrected chi connectivity index (χ4v) is 5.01. The fourth-order valence-electron chi connectivity index (χ4n) is 5.01. The van der Waals surface area contributed by atoms with E-state index in [2.05, 4.69) is 19.1 Å². The van der Waals surface area contributed by atoms with Crippen molar-refractivity contribution >= 4 is 0 Å². The molecule has 1 aromatic rings. The van der Waals surface area contributed by atoms with E-state index < -0.39 is 0 Å². The van der Waals surface area contributed by atoms with Gasteiger partial charge in [-0.1, -0.05) is 19.1 Å². The zero-order valence-corrected chi connectivity index (χ0v) is 12.2. The summed E-state index contributed by atoms with van der Waals surface area (Å²) in [4.78, 5) is 0. The number of hydrogen-bond acceptors (Lipinski definition) is 2. The highest BCUT2D eigenvalue weighted by Crippen LogP contribution is 2.56. The molecule has 0 aliphatic heterocycles. The molecule has 4 atom stereocenters. The van der Waals surface area contributed by atoms with E-state index in [1.54, 1.807) is 5.56 Å². The van der Waals surface area contributed by atoms with Crippen LogP contribution in [0, 0.1) is 5.41 Å². The Morgan fingerprint density at radius 3 is 2.75 bits per heavy atom. The van der Waals surface area contributed by atoms with Crippen LogP contribution in [0.3, 0.4) is 0 Å². The van der Waals surface area contributed by atoms with E-state index in [0.29, 0.717) is 5.92 Å². The van der Waals surface area contributed by atoms with Crippen molar-refractivity contribution in [2.24, 2.45) is 5.41 Å². The second-order valence-electron chi connectivity index (χ2n) is 7.32. The molecule has 108 valence electrons. The molecule has 0 spiro atoms. The van der Waals surface area contributed by atoms with Crippen molar-refractivity contribution < 1.29 is 10.2 Å². The third-order valence-corrected chi connectivity index (χ3v) is 6.32. The van der Waals surface area contributed by atoms with Gasteiger partial charge in [-0.2, -0.15) is 0 Å². The van der Waals surface area contributed by atoms with Gasteiger partial charge in [0.2, 0.25) is 0 Å².